The Hall–Kier alpha value is -3.29. The van der Waals surface area contributed by atoms with Crippen molar-refractivity contribution in [3.8, 4) is 0 Å². The Balaban J connectivity index is 2.31. The number of carbonyl (C=O) groups is 4. The van der Waals surface area contributed by atoms with Crippen LogP contribution in [0.25, 0.3) is 0 Å². The van der Waals surface area contributed by atoms with E-state index in [2.05, 4.69) is 20.7 Å². The van der Waals surface area contributed by atoms with E-state index >= 15 is 0 Å². The van der Waals surface area contributed by atoms with Crippen LogP contribution >= 0.6 is 0 Å². The van der Waals surface area contributed by atoms with Crippen molar-refractivity contribution in [2.45, 2.75) is 103 Å². The first kappa shape index (κ1) is 37.9. The van der Waals surface area contributed by atoms with Crippen LogP contribution in [0.1, 0.15) is 73.3 Å². The zero-order valence-corrected chi connectivity index (χ0v) is 28.2. The number of sulfonamides is 1. The third kappa shape index (κ3) is 14.1. The van der Waals surface area contributed by atoms with Crippen LogP contribution in [-0.4, -0.2) is 75.1 Å². The zero-order chi connectivity index (χ0) is 33.8. The van der Waals surface area contributed by atoms with E-state index in [1.807, 2.05) is 13.8 Å². The number of ether oxygens (including phenoxy) is 2. The predicted octanol–water partition coefficient (Wildman–Crippen LogP) is 2.34. The van der Waals surface area contributed by atoms with Gasteiger partial charge in [0.2, 0.25) is 27.7 Å². The summed E-state index contributed by atoms with van der Waals surface area (Å²) in [5.74, 6) is -2.71. The molecule has 13 heteroatoms. The zero-order valence-electron chi connectivity index (χ0n) is 27.4. The fraction of sp³-hybridized carbons (Fsp3) is 0.625. The topological polar surface area (TPSA) is 169 Å². The van der Waals surface area contributed by atoms with Crippen molar-refractivity contribution in [1.29, 1.82) is 0 Å². The Morgan fingerprint density at radius 3 is 2.29 bits per heavy atom. The summed E-state index contributed by atoms with van der Waals surface area (Å²) in [6, 6.07) is 5.49. The van der Waals surface area contributed by atoms with E-state index in [9.17, 15) is 27.6 Å². The highest BCUT2D eigenvalue weighted by molar-refractivity contribution is 7.88. The molecule has 1 fully saturated rings. The lowest BCUT2D eigenvalue weighted by Gasteiger charge is -2.32. The van der Waals surface area contributed by atoms with Crippen LogP contribution in [0.3, 0.4) is 0 Å². The Labute approximate surface area is 267 Å². The monoisotopic (exact) mass is 650 g/mol. The van der Waals surface area contributed by atoms with E-state index in [1.165, 1.54) is 12.2 Å². The van der Waals surface area contributed by atoms with Crippen molar-refractivity contribution < 1.29 is 37.1 Å². The van der Waals surface area contributed by atoms with Gasteiger partial charge in [0.05, 0.1) is 24.1 Å². The lowest BCUT2D eigenvalue weighted by atomic mass is 9.96. The first-order chi connectivity index (χ1) is 21.0. The molecular weight excluding hydrogens is 600 g/mol. The number of hydrogen-bond acceptors (Lipinski definition) is 8. The maximum Gasteiger partial charge on any atom is 0.330 e. The summed E-state index contributed by atoms with van der Waals surface area (Å²) >= 11 is 0. The summed E-state index contributed by atoms with van der Waals surface area (Å²) in [4.78, 5) is 51.7. The van der Waals surface area contributed by atoms with Crippen molar-refractivity contribution >= 4 is 33.7 Å². The Morgan fingerprint density at radius 2 is 1.73 bits per heavy atom. The van der Waals surface area contributed by atoms with Gasteiger partial charge in [0.15, 0.2) is 0 Å². The highest BCUT2D eigenvalue weighted by Gasteiger charge is 2.36. The summed E-state index contributed by atoms with van der Waals surface area (Å²) in [5, 5.41) is 8.37. The number of amides is 3. The number of carbonyl (C=O) groups excluding carboxylic acids is 4. The molecule has 3 amide bonds. The summed E-state index contributed by atoms with van der Waals surface area (Å²) < 4.78 is 39.8. The third-order valence-corrected chi connectivity index (χ3v) is 8.24. The van der Waals surface area contributed by atoms with Crippen molar-refractivity contribution in [1.82, 2.24) is 20.7 Å². The number of benzene rings is 1. The first-order valence-electron chi connectivity index (χ1n) is 15.4. The quantitative estimate of drug-likeness (QED) is 0.147. The molecule has 0 bridgehead atoms. The van der Waals surface area contributed by atoms with Gasteiger partial charge in [-0.3, -0.25) is 14.4 Å². The van der Waals surface area contributed by atoms with Gasteiger partial charge in [-0.2, -0.15) is 4.72 Å². The number of esters is 1. The molecule has 0 aliphatic carbocycles. The summed E-state index contributed by atoms with van der Waals surface area (Å²) in [5.41, 5.74) is -0.147. The molecule has 1 aliphatic rings. The minimum absolute atomic E-state index is 0.0216. The summed E-state index contributed by atoms with van der Waals surface area (Å²) in [6.45, 7) is 13.1. The van der Waals surface area contributed by atoms with Gasteiger partial charge in [-0.25, -0.2) is 13.2 Å². The Kier molecular flexibility index (Phi) is 14.7. The van der Waals surface area contributed by atoms with E-state index in [0.717, 1.165) is 0 Å². The number of rotatable bonds is 17. The van der Waals surface area contributed by atoms with Gasteiger partial charge in [0, 0.05) is 24.6 Å². The van der Waals surface area contributed by atoms with Gasteiger partial charge in [-0.15, -0.1) is 0 Å². The molecule has 45 heavy (non-hydrogen) atoms. The van der Waals surface area contributed by atoms with Crippen LogP contribution in [0, 0.1) is 11.8 Å². The Morgan fingerprint density at radius 1 is 1.07 bits per heavy atom. The molecule has 1 saturated heterocycles. The van der Waals surface area contributed by atoms with Crippen LogP contribution in [-0.2, 0) is 44.4 Å². The Bertz CT molecular complexity index is 1280. The molecule has 4 N–H and O–H groups in total. The highest BCUT2D eigenvalue weighted by Crippen LogP contribution is 2.19. The fourth-order valence-electron chi connectivity index (χ4n) is 5.01. The van der Waals surface area contributed by atoms with Crippen molar-refractivity contribution in [2.24, 2.45) is 11.8 Å². The second kappa shape index (κ2) is 17.4. The lowest BCUT2D eigenvalue weighted by molar-refractivity contribution is -0.137. The van der Waals surface area contributed by atoms with Gasteiger partial charge >= 0.3 is 5.97 Å². The standard InChI is InChI=1S/C32H50N4O8S/c1-8-43-27(37)15-14-25(19-24-16-17-33-29(24)38)34-30(39)26(18-21(2)3)35-31(40)28(22(4)44-32(5,6)7)36-45(41,42)20-23-12-10-9-11-13-23/h9-15,21-22,24-26,28,36H,8,16-20H2,1-7H3,(H,33,38)(H,34,39)(H,35,40)/t22?,24-,25+,26-,28-/m0/s1. The second-order valence-electron chi connectivity index (χ2n) is 12.7. The largest absolute Gasteiger partial charge is 0.463 e. The van der Waals surface area contributed by atoms with E-state index in [1.54, 1.807) is 65.0 Å². The van der Waals surface area contributed by atoms with Gasteiger partial charge in [-0.05, 0) is 65.4 Å². The van der Waals surface area contributed by atoms with Crippen LogP contribution < -0.4 is 20.7 Å². The van der Waals surface area contributed by atoms with Crippen LogP contribution in [0.5, 0.6) is 0 Å². The van der Waals surface area contributed by atoms with Crippen LogP contribution in [0.4, 0.5) is 0 Å². The summed E-state index contributed by atoms with van der Waals surface area (Å²) in [6.07, 6.45) is 2.87. The molecular formula is C32H50N4O8S. The average molecular weight is 651 g/mol. The van der Waals surface area contributed by atoms with E-state index in [-0.39, 0.29) is 42.9 Å². The molecule has 1 unspecified atom stereocenters. The minimum Gasteiger partial charge on any atom is -0.463 e. The highest BCUT2D eigenvalue weighted by atomic mass is 32.2. The van der Waals surface area contributed by atoms with Gasteiger partial charge < -0.3 is 25.4 Å². The molecule has 252 valence electrons. The van der Waals surface area contributed by atoms with Gasteiger partial charge in [0.1, 0.15) is 12.1 Å². The van der Waals surface area contributed by atoms with E-state index in [0.29, 0.717) is 18.5 Å². The molecule has 2 rings (SSSR count). The first-order valence-corrected chi connectivity index (χ1v) is 17.1. The SMILES string of the molecule is CCOC(=O)C=C[C@H](C[C@@H]1CCNC1=O)NC(=O)[C@H](CC(C)C)NC(=O)[C@@H](NS(=O)(=O)Cc1ccccc1)C(C)OC(C)(C)C. The molecule has 0 spiro atoms. The van der Waals surface area contributed by atoms with Crippen molar-refractivity contribution in [2.75, 3.05) is 13.2 Å². The van der Waals surface area contributed by atoms with Crippen molar-refractivity contribution in [3.05, 3.63) is 48.0 Å². The molecule has 1 aromatic carbocycles. The van der Waals surface area contributed by atoms with Crippen LogP contribution in [0.15, 0.2) is 42.5 Å². The number of hydrogen-bond donors (Lipinski definition) is 4. The molecule has 0 saturated carbocycles. The average Bonchev–Trinajstić information content (AvgIpc) is 3.33. The minimum atomic E-state index is -4.00. The summed E-state index contributed by atoms with van der Waals surface area (Å²) in [7, 11) is -4.00. The smallest absolute Gasteiger partial charge is 0.330 e. The third-order valence-electron chi connectivity index (χ3n) is 6.92. The molecule has 1 aromatic rings. The molecule has 1 aliphatic heterocycles. The molecule has 5 atom stereocenters. The maximum atomic E-state index is 13.8. The van der Waals surface area contributed by atoms with Crippen LogP contribution in [0.2, 0.25) is 0 Å². The molecule has 12 nitrogen and oxygen atoms in total. The predicted molar refractivity (Wildman–Crippen MR) is 171 cm³/mol. The molecule has 0 aromatic heterocycles. The normalized spacial score (nSPS) is 18.2. The molecule has 1 heterocycles. The van der Waals surface area contributed by atoms with Gasteiger partial charge in [0.25, 0.3) is 0 Å². The molecule has 0 radical (unpaired) electrons. The van der Waals surface area contributed by atoms with Crippen molar-refractivity contribution in [3.63, 3.8) is 0 Å². The van der Waals surface area contributed by atoms with E-state index in [4.69, 9.17) is 9.47 Å². The van der Waals surface area contributed by atoms with E-state index < -0.39 is 57.6 Å². The maximum absolute atomic E-state index is 13.8. The second-order valence-corrected chi connectivity index (χ2v) is 14.5. The lowest BCUT2D eigenvalue weighted by Crippen LogP contribution is -2.59. The fourth-order valence-corrected chi connectivity index (χ4v) is 6.41. The van der Waals surface area contributed by atoms with Gasteiger partial charge in [-0.1, -0.05) is 50.3 Å². The number of nitrogens with one attached hydrogen (secondary N) is 4.